The number of hydrogen-bond acceptors (Lipinski definition) is 7. The molecule has 0 saturated carbocycles. The number of carbonyl (C=O) groups is 1. The molecule has 2 aromatic rings. The highest BCUT2D eigenvalue weighted by Crippen LogP contribution is 2.11. The van der Waals surface area contributed by atoms with Crippen molar-refractivity contribution < 1.29 is 4.79 Å². The minimum Gasteiger partial charge on any atom is -0.374 e. The Kier molecular flexibility index (Phi) is 3.78. The second-order valence-corrected chi connectivity index (χ2v) is 5.09. The molecule has 0 unspecified atom stereocenters. The van der Waals surface area contributed by atoms with Crippen LogP contribution in [-0.4, -0.2) is 22.3 Å². The van der Waals surface area contributed by atoms with E-state index in [2.05, 4.69) is 20.7 Å². The molecular formula is C9H9N5OS2. The Morgan fingerprint density at radius 2 is 2.47 bits per heavy atom. The van der Waals surface area contributed by atoms with Gasteiger partial charge >= 0.3 is 0 Å². The van der Waals surface area contributed by atoms with Gasteiger partial charge in [0, 0.05) is 4.88 Å². The van der Waals surface area contributed by atoms with Crippen LogP contribution in [0.5, 0.6) is 0 Å². The third-order valence-corrected chi connectivity index (χ3v) is 3.28. The minimum absolute atomic E-state index is 0.136. The van der Waals surface area contributed by atoms with Crippen molar-refractivity contribution in [2.24, 2.45) is 5.10 Å². The van der Waals surface area contributed by atoms with E-state index in [0.717, 1.165) is 4.88 Å². The van der Waals surface area contributed by atoms with Crippen LogP contribution in [0.1, 0.15) is 9.88 Å². The summed E-state index contributed by atoms with van der Waals surface area (Å²) in [6.45, 7) is 0. The second kappa shape index (κ2) is 5.51. The quantitative estimate of drug-likeness (QED) is 0.635. The zero-order valence-corrected chi connectivity index (χ0v) is 10.3. The average molecular weight is 267 g/mol. The van der Waals surface area contributed by atoms with Crippen LogP contribution in [0, 0.1) is 0 Å². The summed E-state index contributed by atoms with van der Waals surface area (Å²) in [6, 6.07) is 3.82. The molecule has 0 aliphatic carbocycles. The SMILES string of the molecule is Nc1nnc(CC(=O)N/N=C/c2cccs2)s1. The molecule has 0 aromatic carbocycles. The first-order chi connectivity index (χ1) is 8.24. The lowest BCUT2D eigenvalue weighted by Gasteiger charge is -1.94. The van der Waals surface area contributed by atoms with Crippen molar-refractivity contribution in [2.45, 2.75) is 6.42 Å². The number of carbonyl (C=O) groups excluding carboxylic acids is 1. The van der Waals surface area contributed by atoms with Gasteiger partial charge in [0.1, 0.15) is 5.01 Å². The van der Waals surface area contributed by atoms with Crippen LogP contribution in [0.4, 0.5) is 5.13 Å². The van der Waals surface area contributed by atoms with E-state index in [1.54, 1.807) is 17.6 Å². The topological polar surface area (TPSA) is 93.3 Å². The lowest BCUT2D eigenvalue weighted by atomic mass is 10.4. The summed E-state index contributed by atoms with van der Waals surface area (Å²) in [5.41, 5.74) is 7.82. The molecule has 0 bridgehead atoms. The van der Waals surface area contributed by atoms with Gasteiger partial charge in [-0.2, -0.15) is 5.10 Å². The standard InChI is InChI=1S/C9H9N5OS2/c10-9-14-13-8(17-9)4-7(15)12-11-5-6-2-1-3-16-6/h1-3,5H,4H2,(H2,10,14)(H,12,15)/b11-5+. The summed E-state index contributed by atoms with van der Waals surface area (Å²) >= 11 is 2.74. The van der Waals surface area contributed by atoms with E-state index in [9.17, 15) is 4.79 Å². The number of nitrogens with one attached hydrogen (secondary N) is 1. The van der Waals surface area contributed by atoms with E-state index < -0.39 is 0 Å². The highest BCUT2D eigenvalue weighted by Gasteiger charge is 2.06. The Morgan fingerprint density at radius 1 is 1.59 bits per heavy atom. The Labute approximate surface area is 105 Å². The van der Waals surface area contributed by atoms with Gasteiger partial charge < -0.3 is 5.73 Å². The lowest BCUT2D eigenvalue weighted by Crippen LogP contribution is -2.19. The number of hydrogen-bond donors (Lipinski definition) is 2. The number of nitrogens with two attached hydrogens (primary N) is 1. The maximum absolute atomic E-state index is 11.4. The number of thiophene rings is 1. The van der Waals surface area contributed by atoms with Crippen LogP contribution in [0.3, 0.4) is 0 Å². The Hall–Kier alpha value is -1.80. The molecule has 2 rings (SSSR count). The van der Waals surface area contributed by atoms with E-state index in [-0.39, 0.29) is 12.3 Å². The molecule has 0 saturated heterocycles. The highest BCUT2D eigenvalue weighted by molar-refractivity contribution is 7.15. The summed E-state index contributed by atoms with van der Waals surface area (Å²) < 4.78 is 0. The van der Waals surface area contributed by atoms with Crippen molar-refractivity contribution in [1.82, 2.24) is 15.6 Å². The first-order valence-corrected chi connectivity index (χ1v) is 6.37. The fraction of sp³-hybridized carbons (Fsp3) is 0.111. The van der Waals surface area contributed by atoms with Crippen LogP contribution < -0.4 is 11.2 Å². The van der Waals surface area contributed by atoms with Gasteiger partial charge in [-0.05, 0) is 11.4 Å². The smallest absolute Gasteiger partial charge is 0.247 e. The van der Waals surface area contributed by atoms with Crippen molar-refractivity contribution in [1.29, 1.82) is 0 Å². The molecule has 3 N–H and O–H groups in total. The zero-order chi connectivity index (χ0) is 12.1. The molecule has 0 atom stereocenters. The second-order valence-electron chi connectivity index (χ2n) is 3.02. The molecule has 2 heterocycles. The highest BCUT2D eigenvalue weighted by atomic mass is 32.1. The number of amides is 1. The Balaban J connectivity index is 1.82. The average Bonchev–Trinajstić information content (AvgIpc) is 2.90. The number of hydrazone groups is 1. The fourth-order valence-corrected chi connectivity index (χ4v) is 2.24. The van der Waals surface area contributed by atoms with Crippen LogP contribution in [0.15, 0.2) is 22.6 Å². The van der Waals surface area contributed by atoms with E-state index >= 15 is 0 Å². The van der Waals surface area contributed by atoms with Crippen LogP contribution >= 0.6 is 22.7 Å². The van der Waals surface area contributed by atoms with Gasteiger partial charge in [-0.3, -0.25) is 4.79 Å². The van der Waals surface area contributed by atoms with Crippen molar-refractivity contribution in [3.8, 4) is 0 Å². The normalized spacial score (nSPS) is 10.8. The van der Waals surface area contributed by atoms with Gasteiger partial charge in [-0.1, -0.05) is 17.4 Å². The summed E-state index contributed by atoms with van der Waals surface area (Å²) in [6.07, 6.45) is 1.73. The van der Waals surface area contributed by atoms with Crippen molar-refractivity contribution >= 4 is 39.9 Å². The molecule has 6 nitrogen and oxygen atoms in total. The van der Waals surface area contributed by atoms with E-state index in [1.807, 2.05) is 17.5 Å². The van der Waals surface area contributed by atoms with Crippen LogP contribution in [0.25, 0.3) is 0 Å². The van der Waals surface area contributed by atoms with Crippen molar-refractivity contribution in [3.63, 3.8) is 0 Å². The van der Waals surface area contributed by atoms with Crippen LogP contribution in [0.2, 0.25) is 0 Å². The molecule has 88 valence electrons. The van der Waals surface area contributed by atoms with Gasteiger partial charge in [-0.25, -0.2) is 5.43 Å². The molecule has 0 fully saturated rings. The first-order valence-electron chi connectivity index (χ1n) is 4.67. The monoisotopic (exact) mass is 267 g/mol. The summed E-state index contributed by atoms with van der Waals surface area (Å²) in [5.74, 6) is -0.242. The van der Waals surface area contributed by atoms with Gasteiger partial charge in [0.2, 0.25) is 11.0 Å². The minimum atomic E-state index is -0.242. The molecule has 17 heavy (non-hydrogen) atoms. The van der Waals surface area contributed by atoms with Crippen molar-refractivity contribution in [2.75, 3.05) is 5.73 Å². The molecule has 8 heteroatoms. The largest absolute Gasteiger partial charge is 0.374 e. The predicted molar refractivity (Wildman–Crippen MR) is 68.1 cm³/mol. The summed E-state index contributed by atoms with van der Waals surface area (Å²) in [4.78, 5) is 12.4. The first kappa shape index (κ1) is 11.7. The fourth-order valence-electron chi connectivity index (χ4n) is 1.05. The summed E-state index contributed by atoms with van der Waals surface area (Å²) in [5, 5.41) is 14.1. The third-order valence-electron chi connectivity index (χ3n) is 1.72. The lowest BCUT2D eigenvalue weighted by molar-refractivity contribution is -0.120. The Morgan fingerprint density at radius 3 is 3.12 bits per heavy atom. The van der Waals surface area contributed by atoms with Crippen molar-refractivity contribution in [3.05, 3.63) is 27.4 Å². The molecular weight excluding hydrogens is 258 g/mol. The maximum Gasteiger partial charge on any atom is 0.247 e. The third kappa shape index (κ3) is 3.61. The van der Waals surface area contributed by atoms with Gasteiger partial charge in [0.15, 0.2) is 0 Å². The number of nitrogens with zero attached hydrogens (tertiary/aromatic N) is 3. The molecule has 0 aliphatic heterocycles. The zero-order valence-electron chi connectivity index (χ0n) is 8.66. The summed E-state index contributed by atoms with van der Waals surface area (Å²) in [7, 11) is 0. The van der Waals surface area contributed by atoms with Gasteiger partial charge in [-0.15, -0.1) is 21.5 Å². The molecule has 1 amide bonds. The maximum atomic E-state index is 11.4. The van der Waals surface area contributed by atoms with Crippen LogP contribution in [-0.2, 0) is 11.2 Å². The Bertz CT molecular complexity index is 519. The predicted octanol–water partition coefficient (Wildman–Crippen LogP) is 0.875. The molecule has 0 spiro atoms. The molecule has 2 aromatic heterocycles. The van der Waals surface area contributed by atoms with Gasteiger partial charge in [0.05, 0.1) is 12.6 Å². The number of nitrogen functional groups attached to an aromatic ring is 1. The number of aromatic nitrogens is 2. The van der Waals surface area contributed by atoms with E-state index in [4.69, 9.17) is 5.73 Å². The molecule has 0 radical (unpaired) electrons. The van der Waals surface area contributed by atoms with Gasteiger partial charge in [0.25, 0.3) is 0 Å². The van der Waals surface area contributed by atoms with E-state index in [0.29, 0.717) is 10.1 Å². The number of rotatable bonds is 4. The van der Waals surface area contributed by atoms with E-state index in [1.165, 1.54) is 11.3 Å². The number of anilines is 1. The molecule has 0 aliphatic rings.